The van der Waals surface area contributed by atoms with E-state index >= 15 is 0 Å². The van der Waals surface area contributed by atoms with Crippen LogP contribution in [-0.4, -0.2) is 30.6 Å². The molecule has 0 aliphatic rings. The number of hydrogen-bond acceptors (Lipinski definition) is 3. The summed E-state index contributed by atoms with van der Waals surface area (Å²) in [5, 5.41) is 9.23. The van der Waals surface area contributed by atoms with Gasteiger partial charge in [-0.3, -0.25) is 0 Å². The molecule has 1 N–H and O–H groups in total. The van der Waals surface area contributed by atoms with Crippen LogP contribution in [0.25, 0.3) is 0 Å². The highest BCUT2D eigenvalue weighted by Gasteiger charge is 2.16. The molecular weight excluding hydrogens is 212 g/mol. The lowest BCUT2D eigenvalue weighted by Crippen LogP contribution is -2.19. The first-order valence-electron chi connectivity index (χ1n) is 5.67. The second kappa shape index (κ2) is 6.48. The van der Waals surface area contributed by atoms with Crippen LogP contribution in [0.5, 0.6) is 0 Å². The number of sulfone groups is 1. The summed E-state index contributed by atoms with van der Waals surface area (Å²) < 4.78 is 22.9. The van der Waals surface area contributed by atoms with Gasteiger partial charge in [-0.1, -0.05) is 13.8 Å². The van der Waals surface area contributed by atoms with Crippen molar-refractivity contribution in [3.05, 3.63) is 0 Å². The minimum absolute atomic E-state index is 0.246. The minimum atomic E-state index is -2.90. The molecule has 1 unspecified atom stereocenters. The summed E-state index contributed by atoms with van der Waals surface area (Å²) in [6, 6.07) is 0. The van der Waals surface area contributed by atoms with Crippen LogP contribution in [0.2, 0.25) is 0 Å². The van der Waals surface area contributed by atoms with Crippen LogP contribution in [0.3, 0.4) is 0 Å². The third-order valence-corrected chi connectivity index (χ3v) is 4.96. The van der Waals surface area contributed by atoms with Gasteiger partial charge in [-0.2, -0.15) is 0 Å². The van der Waals surface area contributed by atoms with Crippen LogP contribution in [0.15, 0.2) is 0 Å². The molecule has 0 saturated heterocycles. The number of hydrogen-bond donors (Lipinski definition) is 1. The molecule has 0 bridgehead atoms. The van der Waals surface area contributed by atoms with Crippen molar-refractivity contribution >= 4 is 9.84 Å². The van der Waals surface area contributed by atoms with Gasteiger partial charge in [-0.05, 0) is 39.0 Å². The Hall–Kier alpha value is -0.0900. The van der Waals surface area contributed by atoms with Crippen molar-refractivity contribution in [1.29, 1.82) is 0 Å². The molecule has 0 aromatic rings. The molecule has 0 rings (SSSR count). The van der Waals surface area contributed by atoms with E-state index in [0.717, 1.165) is 6.42 Å². The Morgan fingerprint density at radius 3 is 2.00 bits per heavy atom. The fourth-order valence-corrected chi connectivity index (χ4v) is 2.30. The predicted octanol–water partition coefficient (Wildman–Crippen LogP) is 2.00. The van der Waals surface area contributed by atoms with Crippen molar-refractivity contribution in [2.24, 2.45) is 5.92 Å². The van der Waals surface area contributed by atoms with Crippen molar-refractivity contribution in [3.8, 4) is 0 Å². The molecule has 0 fully saturated rings. The van der Waals surface area contributed by atoms with Gasteiger partial charge >= 0.3 is 0 Å². The fraction of sp³-hybridized carbons (Fsp3) is 1.00. The molecule has 0 heterocycles. The Morgan fingerprint density at radius 1 is 1.07 bits per heavy atom. The third kappa shape index (κ3) is 6.15. The summed E-state index contributed by atoms with van der Waals surface area (Å²) in [4.78, 5) is 0. The van der Waals surface area contributed by atoms with Crippen molar-refractivity contribution in [2.75, 3.05) is 5.75 Å². The molecule has 0 aliphatic heterocycles. The second-order valence-corrected chi connectivity index (χ2v) is 7.40. The van der Waals surface area contributed by atoms with E-state index < -0.39 is 9.84 Å². The zero-order chi connectivity index (χ0) is 12.1. The molecule has 0 aliphatic carbocycles. The Kier molecular flexibility index (Phi) is 6.44. The Morgan fingerprint density at radius 2 is 1.60 bits per heavy atom. The molecule has 0 saturated carbocycles. The lowest BCUT2D eigenvalue weighted by molar-refractivity contribution is 0.114. The largest absolute Gasteiger partial charge is 0.393 e. The minimum Gasteiger partial charge on any atom is -0.393 e. The summed E-state index contributed by atoms with van der Waals surface area (Å²) in [5.41, 5.74) is 0. The maximum absolute atomic E-state index is 11.4. The molecule has 3 nitrogen and oxygen atoms in total. The maximum Gasteiger partial charge on any atom is 0.152 e. The monoisotopic (exact) mass is 236 g/mol. The quantitative estimate of drug-likeness (QED) is 0.688. The molecule has 0 spiro atoms. The number of aliphatic hydroxyl groups is 1. The molecule has 0 aromatic carbocycles. The van der Waals surface area contributed by atoms with Gasteiger partial charge in [-0.25, -0.2) is 8.42 Å². The van der Waals surface area contributed by atoms with Crippen LogP contribution in [0, 0.1) is 5.92 Å². The van der Waals surface area contributed by atoms with E-state index in [1.807, 2.05) is 13.8 Å². The van der Waals surface area contributed by atoms with Gasteiger partial charge in [-0.15, -0.1) is 0 Å². The van der Waals surface area contributed by atoms with Gasteiger partial charge in [0.1, 0.15) is 0 Å². The van der Waals surface area contributed by atoms with Gasteiger partial charge in [0.05, 0.1) is 17.1 Å². The van der Waals surface area contributed by atoms with Gasteiger partial charge in [0.2, 0.25) is 0 Å². The summed E-state index contributed by atoms with van der Waals surface area (Å²) in [6.07, 6.45) is 1.84. The van der Waals surface area contributed by atoms with Crippen molar-refractivity contribution in [3.63, 3.8) is 0 Å². The molecule has 0 aromatic heterocycles. The zero-order valence-corrected chi connectivity index (χ0v) is 11.0. The van der Waals surface area contributed by atoms with E-state index in [2.05, 4.69) is 0 Å². The van der Waals surface area contributed by atoms with E-state index in [4.69, 9.17) is 0 Å². The Balaban J connectivity index is 3.73. The van der Waals surface area contributed by atoms with Crippen LogP contribution in [0.1, 0.15) is 47.0 Å². The van der Waals surface area contributed by atoms with E-state index in [1.54, 1.807) is 13.8 Å². The smallest absolute Gasteiger partial charge is 0.152 e. The van der Waals surface area contributed by atoms with E-state index in [-0.39, 0.29) is 23.0 Å². The van der Waals surface area contributed by atoms with Crippen LogP contribution in [0.4, 0.5) is 0 Å². The highest BCUT2D eigenvalue weighted by atomic mass is 32.2. The summed E-state index contributed by atoms with van der Waals surface area (Å²) >= 11 is 0. The number of unbranched alkanes of at least 4 members (excludes halogenated alkanes) is 1. The third-order valence-electron chi connectivity index (χ3n) is 2.67. The first-order chi connectivity index (χ1) is 6.77. The molecule has 15 heavy (non-hydrogen) atoms. The zero-order valence-electron chi connectivity index (χ0n) is 10.2. The average Bonchev–Trinajstić information content (AvgIpc) is 2.11. The van der Waals surface area contributed by atoms with E-state index in [1.165, 1.54) is 0 Å². The van der Waals surface area contributed by atoms with Gasteiger partial charge in [0.15, 0.2) is 9.84 Å². The normalized spacial score (nSPS) is 14.9. The average molecular weight is 236 g/mol. The number of rotatable bonds is 7. The lowest BCUT2D eigenvalue weighted by atomic mass is 10.0. The Labute approximate surface area is 93.8 Å². The maximum atomic E-state index is 11.4. The van der Waals surface area contributed by atoms with E-state index in [9.17, 15) is 13.5 Å². The van der Waals surface area contributed by atoms with Gasteiger partial charge in [0.25, 0.3) is 0 Å². The Bertz CT molecular complexity index is 255. The molecule has 92 valence electrons. The van der Waals surface area contributed by atoms with Crippen LogP contribution < -0.4 is 0 Å². The molecule has 1 atom stereocenters. The SMILES string of the molecule is CC(C)C(O)CCCCS(=O)(=O)C(C)C. The van der Waals surface area contributed by atoms with Crippen LogP contribution >= 0.6 is 0 Å². The van der Waals surface area contributed by atoms with Crippen LogP contribution in [-0.2, 0) is 9.84 Å². The highest BCUT2D eigenvalue weighted by Crippen LogP contribution is 2.11. The highest BCUT2D eigenvalue weighted by molar-refractivity contribution is 7.91. The topological polar surface area (TPSA) is 54.4 Å². The second-order valence-electron chi connectivity index (χ2n) is 4.72. The summed E-state index contributed by atoms with van der Waals surface area (Å²) in [7, 11) is -2.90. The molecule has 0 radical (unpaired) electrons. The summed E-state index contributed by atoms with van der Waals surface area (Å²) in [6.45, 7) is 7.35. The standard InChI is InChI=1S/C11H24O3S/c1-9(2)11(12)7-5-6-8-15(13,14)10(3)4/h9-12H,5-8H2,1-4H3. The molecule has 0 amide bonds. The predicted molar refractivity (Wildman–Crippen MR) is 63.6 cm³/mol. The van der Waals surface area contributed by atoms with Crippen molar-refractivity contribution in [1.82, 2.24) is 0 Å². The summed E-state index contributed by atoms with van der Waals surface area (Å²) in [5.74, 6) is 0.502. The molecule has 4 heteroatoms. The lowest BCUT2D eigenvalue weighted by Gasteiger charge is -2.14. The van der Waals surface area contributed by atoms with Gasteiger partial charge in [0, 0.05) is 0 Å². The van der Waals surface area contributed by atoms with Crippen molar-refractivity contribution in [2.45, 2.75) is 58.3 Å². The van der Waals surface area contributed by atoms with Crippen molar-refractivity contribution < 1.29 is 13.5 Å². The molecular formula is C11H24O3S. The van der Waals surface area contributed by atoms with E-state index in [0.29, 0.717) is 12.8 Å². The first-order valence-corrected chi connectivity index (χ1v) is 7.38. The first kappa shape index (κ1) is 14.9. The number of aliphatic hydroxyl groups excluding tert-OH is 1. The fourth-order valence-electron chi connectivity index (χ4n) is 1.23. The van der Waals surface area contributed by atoms with Gasteiger partial charge < -0.3 is 5.11 Å².